The van der Waals surface area contributed by atoms with Crippen molar-refractivity contribution in [1.82, 2.24) is 4.31 Å². The summed E-state index contributed by atoms with van der Waals surface area (Å²) in [5.41, 5.74) is 1.12. The molecule has 1 aliphatic heterocycles. The summed E-state index contributed by atoms with van der Waals surface area (Å²) < 4.78 is 30.4. The quantitative estimate of drug-likeness (QED) is 0.843. The first-order valence-electron chi connectivity index (χ1n) is 6.71. The van der Waals surface area contributed by atoms with Crippen molar-refractivity contribution in [1.29, 1.82) is 0 Å². The normalized spacial score (nSPS) is 24.7. The van der Waals surface area contributed by atoms with Crippen LogP contribution in [0.1, 0.15) is 12.0 Å². The lowest BCUT2D eigenvalue weighted by atomic mass is 10.00. The zero-order valence-corrected chi connectivity index (χ0v) is 13.3. The number of nitrogens with zero attached hydrogens (tertiary/aromatic N) is 1. The van der Waals surface area contributed by atoms with Crippen molar-refractivity contribution >= 4 is 22.7 Å². The summed E-state index contributed by atoms with van der Waals surface area (Å²) in [6.45, 7) is 2.15. The summed E-state index contributed by atoms with van der Waals surface area (Å²) in [6.07, 6.45) is 2.03. The van der Waals surface area contributed by atoms with Crippen LogP contribution in [0.4, 0.5) is 0 Å². The molecule has 6 heteroatoms. The van der Waals surface area contributed by atoms with Crippen LogP contribution in [0.25, 0.3) is 0 Å². The van der Waals surface area contributed by atoms with Gasteiger partial charge in [0, 0.05) is 24.3 Å². The van der Waals surface area contributed by atoms with E-state index in [2.05, 4.69) is 12.6 Å². The van der Waals surface area contributed by atoms with Gasteiger partial charge in [0.1, 0.15) is 0 Å². The third-order valence-electron chi connectivity index (χ3n) is 3.57. The van der Waals surface area contributed by atoms with Gasteiger partial charge in [0.15, 0.2) is 0 Å². The monoisotopic (exact) mass is 315 g/mol. The van der Waals surface area contributed by atoms with Gasteiger partial charge in [0.05, 0.1) is 19.5 Å². The zero-order chi connectivity index (χ0) is 14.6. The average Bonchev–Trinajstić information content (AvgIpc) is 2.41. The Labute approximate surface area is 126 Å². The Balaban J connectivity index is 1.84. The largest absolute Gasteiger partial charge is 0.376 e. The molecule has 2 unspecified atom stereocenters. The Hall–Kier alpha value is -0.560. The minimum atomic E-state index is -3.12. The molecule has 20 heavy (non-hydrogen) atoms. The smallest absolute Gasteiger partial charge is 0.211 e. The topological polar surface area (TPSA) is 46.6 Å². The fourth-order valence-corrected chi connectivity index (χ4v) is 3.55. The lowest BCUT2D eigenvalue weighted by molar-refractivity contribution is 0.0702. The average molecular weight is 315 g/mol. The maximum Gasteiger partial charge on any atom is 0.211 e. The van der Waals surface area contributed by atoms with Crippen LogP contribution < -0.4 is 0 Å². The van der Waals surface area contributed by atoms with Crippen molar-refractivity contribution in [2.45, 2.75) is 18.3 Å². The van der Waals surface area contributed by atoms with Crippen molar-refractivity contribution in [2.24, 2.45) is 5.92 Å². The van der Waals surface area contributed by atoms with Gasteiger partial charge in [-0.05, 0) is 12.0 Å². The van der Waals surface area contributed by atoms with E-state index in [0.717, 1.165) is 12.0 Å². The number of benzene rings is 1. The number of hydrogen-bond acceptors (Lipinski definition) is 4. The van der Waals surface area contributed by atoms with Crippen LogP contribution in [0.2, 0.25) is 0 Å². The SMILES string of the molecule is CS(=O)(=O)N1CCC(S)C(COCc2ccccc2)C1. The predicted octanol–water partition coefficient (Wildman–Crippen LogP) is 1.78. The molecule has 1 fully saturated rings. The highest BCUT2D eigenvalue weighted by Gasteiger charge is 2.31. The maximum absolute atomic E-state index is 11.6. The van der Waals surface area contributed by atoms with E-state index in [9.17, 15) is 8.42 Å². The second-order valence-corrected chi connectivity index (χ2v) is 7.88. The van der Waals surface area contributed by atoms with Crippen LogP contribution >= 0.6 is 12.6 Å². The van der Waals surface area contributed by atoms with Gasteiger partial charge in [-0.25, -0.2) is 12.7 Å². The third-order valence-corrected chi connectivity index (χ3v) is 5.52. The van der Waals surface area contributed by atoms with Crippen molar-refractivity contribution in [3.63, 3.8) is 0 Å². The molecule has 4 nitrogen and oxygen atoms in total. The molecule has 1 aromatic carbocycles. The molecule has 1 aromatic rings. The summed E-state index contributed by atoms with van der Waals surface area (Å²) in [4.78, 5) is 0. The van der Waals surface area contributed by atoms with Gasteiger partial charge in [-0.3, -0.25) is 0 Å². The van der Waals surface area contributed by atoms with Gasteiger partial charge in [0.2, 0.25) is 10.0 Å². The minimum Gasteiger partial charge on any atom is -0.376 e. The molecule has 0 amide bonds. The van der Waals surface area contributed by atoms with Crippen molar-refractivity contribution in [3.05, 3.63) is 35.9 Å². The van der Waals surface area contributed by atoms with Crippen molar-refractivity contribution in [2.75, 3.05) is 26.0 Å². The first-order valence-corrected chi connectivity index (χ1v) is 9.08. The first-order chi connectivity index (χ1) is 9.47. The predicted molar refractivity (Wildman–Crippen MR) is 83.4 cm³/mol. The Morgan fingerprint density at radius 1 is 1.35 bits per heavy atom. The summed E-state index contributed by atoms with van der Waals surface area (Å²) in [5, 5.41) is 0.198. The Morgan fingerprint density at radius 2 is 2.05 bits per heavy atom. The zero-order valence-electron chi connectivity index (χ0n) is 11.6. The van der Waals surface area contributed by atoms with E-state index < -0.39 is 10.0 Å². The van der Waals surface area contributed by atoms with Crippen molar-refractivity contribution < 1.29 is 13.2 Å². The second-order valence-electron chi connectivity index (χ2n) is 5.24. The van der Waals surface area contributed by atoms with Gasteiger partial charge in [-0.2, -0.15) is 12.6 Å². The molecule has 2 rings (SSSR count). The van der Waals surface area contributed by atoms with Crippen LogP contribution in [-0.2, 0) is 21.4 Å². The molecule has 112 valence electrons. The first kappa shape index (κ1) is 15.8. The van der Waals surface area contributed by atoms with E-state index in [-0.39, 0.29) is 11.2 Å². The standard InChI is InChI=1S/C14H21NO3S2/c1-20(16,17)15-8-7-14(19)13(9-15)11-18-10-12-5-3-2-4-6-12/h2-6,13-14,19H,7-11H2,1H3. The summed E-state index contributed by atoms with van der Waals surface area (Å²) in [6, 6.07) is 9.96. The molecule has 0 radical (unpaired) electrons. The number of thiol groups is 1. The summed E-state index contributed by atoms with van der Waals surface area (Å²) >= 11 is 4.55. The number of sulfonamides is 1. The third kappa shape index (κ3) is 4.48. The lowest BCUT2D eigenvalue weighted by Gasteiger charge is -2.34. The van der Waals surface area contributed by atoms with Crippen molar-refractivity contribution in [3.8, 4) is 0 Å². The number of piperidine rings is 1. The van der Waals surface area contributed by atoms with Gasteiger partial charge in [-0.15, -0.1) is 0 Å². The van der Waals surface area contributed by atoms with Gasteiger partial charge in [0.25, 0.3) is 0 Å². The van der Waals surface area contributed by atoms with E-state index in [1.54, 1.807) is 0 Å². The van der Waals surface area contributed by atoms with E-state index in [0.29, 0.717) is 26.3 Å². The highest BCUT2D eigenvalue weighted by molar-refractivity contribution is 7.88. The molecule has 1 aliphatic rings. The molecule has 1 heterocycles. The lowest BCUT2D eigenvalue weighted by Crippen LogP contribution is -2.45. The second kappa shape index (κ2) is 6.93. The number of ether oxygens (including phenoxy) is 1. The van der Waals surface area contributed by atoms with Crippen LogP contribution in [0, 0.1) is 5.92 Å². The van der Waals surface area contributed by atoms with E-state index in [4.69, 9.17) is 4.74 Å². The van der Waals surface area contributed by atoms with Gasteiger partial charge < -0.3 is 4.74 Å². The van der Waals surface area contributed by atoms with Gasteiger partial charge >= 0.3 is 0 Å². The molecule has 0 N–H and O–H groups in total. The Kier molecular flexibility index (Phi) is 5.49. The molecular formula is C14H21NO3S2. The molecule has 0 bridgehead atoms. The molecule has 2 atom stereocenters. The summed E-state index contributed by atoms with van der Waals surface area (Å²) in [7, 11) is -3.12. The Morgan fingerprint density at radius 3 is 2.70 bits per heavy atom. The molecular weight excluding hydrogens is 294 g/mol. The Bertz CT molecular complexity index is 518. The van der Waals surface area contributed by atoms with Crippen LogP contribution in [0.5, 0.6) is 0 Å². The fourth-order valence-electron chi connectivity index (χ4n) is 2.35. The highest BCUT2D eigenvalue weighted by atomic mass is 32.2. The molecule has 0 saturated carbocycles. The highest BCUT2D eigenvalue weighted by Crippen LogP contribution is 2.24. The molecule has 0 aliphatic carbocycles. The fraction of sp³-hybridized carbons (Fsp3) is 0.571. The van der Waals surface area contributed by atoms with Crippen LogP contribution in [0.3, 0.4) is 0 Å². The molecule has 1 saturated heterocycles. The van der Waals surface area contributed by atoms with E-state index >= 15 is 0 Å². The maximum atomic E-state index is 11.6. The van der Waals surface area contributed by atoms with E-state index in [1.807, 2.05) is 30.3 Å². The van der Waals surface area contributed by atoms with E-state index in [1.165, 1.54) is 10.6 Å². The number of hydrogen-bond donors (Lipinski definition) is 1. The minimum absolute atomic E-state index is 0.144. The van der Waals surface area contributed by atoms with Crippen LogP contribution in [-0.4, -0.2) is 43.9 Å². The summed E-state index contributed by atoms with van der Waals surface area (Å²) in [5.74, 6) is 0.144. The molecule has 0 spiro atoms. The van der Waals surface area contributed by atoms with Crippen LogP contribution in [0.15, 0.2) is 30.3 Å². The molecule has 0 aromatic heterocycles. The number of rotatable bonds is 5. The van der Waals surface area contributed by atoms with Gasteiger partial charge in [-0.1, -0.05) is 30.3 Å².